The second-order valence-electron chi connectivity index (χ2n) is 6.85. The van der Waals surface area contributed by atoms with Crippen LogP contribution in [-0.2, 0) is 16.1 Å². The third-order valence-corrected chi connectivity index (χ3v) is 5.49. The Morgan fingerprint density at radius 1 is 1.10 bits per heavy atom. The van der Waals surface area contributed by atoms with Gasteiger partial charge in [0.2, 0.25) is 5.91 Å². The van der Waals surface area contributed by atoms with Gasteiger partial charge in [-0.1, -0.05) is 39.7 Å². The molecule has 1 atom stereocenters. The lowest BCUT2D eigenvalue weighted by atomic mass is 10.1. The van der Waals surface area contributed by atoms with Gasteiger partial charge in [-0.15, -0.1) is 0 Å². The van der Waals surface area contributed by atoms with Crippen molar-refractivity contribution in [2.45, 2.75) is 39.4 Å². The van der Waals surface area contributed by atoms with Gasteiger partial charge in [-0.3, -0.25) is 9.59 Å². The first-order valence-corrected chi connectivity index (χ1v) is 11.1. The second-order valence-corrected chi connectivity index (χ2v) is 9.06. The zero-order valence-corrected chi connectivity index (χ0v) is 20.3. The molecule has 0 radical (unpaired) electrons. The summed E-state index contributed by atoms with van der Waals surface area (Å²) >= 11 is 12.7. The fourth-order valence-electron chi connectivity index (χ4n) is 2.59. The van der Waals surface area contributed by atoms with Crippen molar-refractivity contribution >= 4 is 55.3 Å². The lowest BCUT2D eigenvalue weighted by Crippen LogP contribution is -2.50. The Kier molecular flexibility index (Phi) is 8.99. The van der Waals surface area contributed by atoms with E-state index in [0.717, 1.165) is 10.0 Å². The molecule has 8 heteroatoms. The molecule has 2 rings (SSSR count). The minimum absolute atomic E-state index is 0.0177. The number of nitrogens with zero attached hydrogens (tertiary/aromatic N) is 1. The predicted octanol–water partition coefficient (Wildman–Crippen LogP) is 5.19. The van der Waals surface area contributed by atoms with Gasteiger partial charge in [0, 0.05) is 22.1 Å². The average molecular weight is 547 g/mol. The molecule has 2 aromatic carbocycles. The molecule has 0 aliphatic rings. The van der Waals surface area contributed by atoms with Crippen molar-refractivity contribution in [3.8, 4) is 5.75 Å². The molecule has 156 valence electrons. The number of ether oxygens (including phenoxy) is 1. The van der Waals surface area contributed by atoms with E-state index in [9.17, 15) is 9.59 Å². The Labute approximate surface area is 193 Å². The van der Waals surface area contributed by atoms with Gasteiger partial charge in [-0.25, -0.2) is 0 Å². The number of hydrogen-bond acceptors (Lipinski definition) is 3. The molecule has 0 heterocycles. The molecular weight excluding hydrogens is 524 g/mol. The van der Waals surface area contributed by atoms with E-state index in [1.807, 2.05) is 38.1 Å². The third kappa shape index (κ3) is 7.32. The second kappa shape index (κ2) is 11.0. The van der Waals surface area contributed by atoms with E-state index in [4.69, 9.17) is 16.3 Å². The van der Waals surface area contributed by atoms with Gasteiger partial charge in [-0.2, -0.15) is 0 Å². The summed E-state index contributed by atoms with van der Waals surface area (Å²) in [4.78, 5) is 27.0. The van der Waals surface area contributed by atoms with Crippen molar-refractivity contribution in [1.82, 2.24) is 10.2 Å². The smallest absolute Gasteiger partial charge is 0.261 e. The zero-order valence-electron chi connectivity index (χ0n) is 16.4. The van der Waals surface area contributed by atoms with Crippen molar-refractivity contribution in [2.24, 2.45) is 0 Å². The van der Waals surface area contributed by atoms with Crippen molar-refractivity contribution < 1.29 is 14.3 Å². The molecule has 0 saturated heterocycles. The summed E-state index contributed by atoms with van der Waals surface area (Å²) in [6, 6.07) is 12.0. The molecular formula is C21H23Br2ClN2O3. The lowest BCUT2D eigenvalue weighted by molar-refractivity contribution is -0.142. The zero-order chi connectivity index (χ0) is 21.6. The van der Waals surface area contributed by atoms with E-state index in [-0.39, 0.29) is 24.5 Å². The molecule has 0 bridgehead atoms. The van der Waals surface area contributed by atoms with E-state index in [1.54, 1.807) is 25.1 Å². The normalized spacial score (nSPS) is 11.8. The number of benzene rings is 2. The van der Waals surface area contributed by atoms with Crippen LogP contribution in [-0.4, -0.2) is 35.4 Å². The number of carbonyl (C=O) groups excluding carboxylic acids is 2. The largest absolute Gasteiger partial charge is 0.483 e. The van der Waals surface area contributed by atoms with E-state index in [2.05, 4.69) is 37.2 Å². The quantitative estimate of drug-likeness (QED) is 0.496. The molecule has 1 N–H and O–H groups in total. The lowest BCUT2D eigenvalue weighted by Gasteiger charge is -2.29. The summed E-state index contributed by atoms with van der Waals surface area (Å²) in [7, 11) is 0. The van der Waals surface area contributed by atoms with Crippen molar-refractivity contribution in [3.63, 3.8) is 0 Å². The van der Waals surface area contributed by atoms with Gasteiger partial charge in [0.05, 0.1) is 4.47 Å². The molecule has 0 fully saturated rings. The van der Waals surface area contributed by atoms with Crippen molar-refractivity contribution in [2.75, 3.05) is 6.61 Å². The van der Waals surface area contributed by atoms with Crippen LogP contribution in [0.4, 0.5) is 0 Å². The van der Waals surface area contributed by atoms with E-state index in [0.29, 0.717) is 21.8 Å². The van der Waals surface area contributed by atoms with Crippen LogP contribution in [0, 0.1) is 0 Å². The predicted molar refractivity (Wildman–Crippen MR) is 122 cm³/mol. The maximum atomic E-state index is 13.0. The standard InChI is InChI=1S/C21H23Br2ClN2O3/c1-13(2)25-21(28)14(3)26(11-15-4-6-16(22)7-5-15)20(27)12-29-19-9-8-17(24)10-18(19)23/h4-10,13-14H,11-12H2,1-3H3,(H,25,28). The van der Waals surface area contributed by atoms with Crippen molar-refractivity contribution in [3.05, 3.63) is 62.0 Å². The fraction of sp³-hybridized carbons (Fsp3) is 0.333. The van der Waals surface area contributed by atoms with Gasteiger partial charge < -0.3 is 15.0 Å². The number of carbonyl (C=O) groups is 2. The van der Waals surface area contributed by atoms with E-state index < -0.39 is 6.04 Å². The topological polar surface area (TPSA) is 58.6 Å². The number of hydrogen-bond donors (Lipinski definition) is 1. The summed E-state index contributed by atoms with van der Waals surface area (Å²) in [5.41, 5.74) is 0.915. The van der Waals surface area contributed by atoms with Crippen LogP contribution in [0.25, 0.3) is 0 Å². The Balaban J connectivity index is 2.16. The Hall–Kier alpha value is -1.57. The van der Waals surface area contributed by atoms with Crippen LogP contribution in [0.2, 0.25) is 5.02 Å². The third-order valence-electron chi connectivity index (χ3n) is 4.11. The van der Waals surface area contributed by atoms with Gasteiger partial charge in [-0.05, 0) is 72.6 Å². The molecule has 0 aliphatic heterocycles. The van der Waals surface area contributed by atoms with Gasteiger partial charge >= 0.3 is 0 Å². The minimum atomic E-state index is -0.647. The van der Waals surface area contributed by atoms with Crippen LogP contribution in [0.1, 0.15) is 26.3 Å². The molecule has 0 spiro atoms. The summed E-state index contributed by atoms with van der Waals surface area (Å²) < 4.78 is 7.27. The fourth-order valence-corrected chi connectivity index (χ4v) is 3.65. The monoisotopic (exact) mass is 544 g/mol. The number of nitrogens with one attached hydrogen (secondary N) is 1. The van der Waals surface area contributed by atoms with E-state index >= 15 is 0 Å². The van der Waals surface area contributed by atoms with Crippen LogP contribution < -0.4 is 10.1 Å². The van der Waals surface area contributed by atoms with Crippen LogP contribution in [0.15, 0.2) is 51.4 Å². The highest BCUT2D eigenvalue weighted by molar-refractivity contribution is 9.10. The number of amides is 2. The molecule has 1 unspecified atom stereocenters. The maximum Gasteiger partial charge on any atom is 0.261 e. The Bertz CT molecular complexity index is 860. The SMILES string of the molecule is CC(C)NC(=O)C(C)N(Cc1ccc(Br)cc1)C(=O)COc1ccc(Cl)cc1Br. The molecule has 0 aliphatic carbocycles. The maximum absolute atomic E-state index is 13.0. The Morgan fingerprint density at radius 3 is 2.34 bits per heavy atom. The summed E-state index contributed by atoms with van der Waals surface area (Å²) in [5, 5.41) is 3.42. The highest BCUT2D eigenvalue weighted by Gasteiger charge is 2.27. The minimum Gasteiger partial charge on any atom is -0.483 e. The Morgan fingerprint density at radius 2 is 1.76 bits per heavy atom. The van der Waals surface area contributed by atoms with Crippen LogP contribution in [0.3, 0.4) is 0 Å². The van der Waals surface area contributed by atoms with Gasteiger partial charge in [0.1, 0.15) is 11.8 Å². The molecule has 29 heavy (non-hydrogen) atoms. The highest BCUT2D eigenvalue weighted by Crippen LogP contribution is 2.28. The molecule has 0 saturated carbocycles. The van der Waals surface area contributed by atoms with Crippen LogP contribution in [0.5, 0.6) is 5.75 Å². The van der Waals surface area contributed by atoms with Gasteiger partial charge in [0.25, 0.3) is 5.91 Å². The van der Waals surface area contributed by atoms with Crippen molar-refractivity contribution in [1.29, 1.82) is 0 Å². The first-order chi connectivity index (χ1) is 13.7. The number of halogens is 3. The molecule has 5 nitrogen and oxygen atoms in total. The first-order valence-electron chi connectivity index (χ1n) is 9.09. The van der Waals surface area contributed by atoms with Crippen LogP contribution >= 0.6 is 43.5 Å². The summed E-state index contributed by atoms with van der Waals surface area (Å²) in [5.74, 6) is 0.00457. The molecule has 2 amide bonds. The molecule has 0 aromatic heterocycles. The average Bonchev–Trinajstić information content (AvgIpc) is 2.65. The number of rotatable bonds is 8. The summed E-state index contributed by atoms with van der Waals surface area (Å²) in [6.07, 6.45) is 0. The molecule has 2 aromatic rings. The first kappa shape index (κ1) is 23.7. The summed E-state index contributed by atoms with van der Waals surface area (Å²) in [6.45, 7) is 5.58. The van der Waals surface area contributed by atoms with E-state index in [1.165, 1.54) is 4.90 Å². The van der Waals surface area contributed by atoms with Gasteiger partial charge in [0.15, 0.2) is 6.61 Å². The highest BCUT2D eigenvalue weighted by atomic mass is 79.9.